The Balaban J connectivity index is 1.41. The fraction of sp³-hybridized carbons (Fsp3) is 0.226. The molecule has 0 radical (unpaired) electrons. The van der Waals surface area contributed by atoms with Crippen molar-refractivity contribution in [2.45, 2.75) is 25.5 Å². The zero-order valence-electron chi connectivity index (χ0n) is 22.8. The quantitative estimate of drug-likeness (QED) is 0.285. The number of aliphatic hydroxyl groups excluding tert-OH is 1. The number of anilines is 3. The lowest BCUT2D eigenvalue weighted by Crippen LogP contribution is -2.35. The van der Waals surface area contributed by atoms with Crippen molar-refractivity contribution in [3.63, 3.8) is 0 Å². The molecule has 0 unspecified atom stereocenters. The number of rotatable bonds is 7. The van der Waals surface area contributed by atoms with Gasteiger partial charge >= 0.3 is 0 Å². The highest BCUT2D eigenvalue weighted by molar-refractivity contribution is 5.92. The standard InChI is InChI=1S/C31H28F2N6O3/c1-42-22-8-5-19(6-9-22)17-39-18-35-30-29(31(39)41)26(15-25(37-30)28-23(32)3-2-4-24(28)33)36-27-10-7-20(16-34-27)38-13-11-21(40)12-14-38/h2-10,15-16,18,21,40H,11-14,17H2,1H3,(H,34,36,37). The molecule has 0 spiro atoms. The maximum absolute atomic E-state index is 14.8. The smallest absolute Gasteiger partial charge is 0.265 e. The lowest BCUT2D eigenvalue weighted by molar-refractivity contribution is 0.145. The highest BCUT2D eigenvalue weighted by Gasteiger charge is 2.20. The number of nitrogens with one attached hydrogen (secondary N) is 1. The zero-order chi connectivity index (χ0) is 29.2. The summed E-state index contributed by atoms with van der Waals surface area (Å²) in [6.07, 6.45) is 4.17. The molecule has 0 atom stereocenters. The molecule has 1 aliphatic heterocycles. The second kappa shape index (κ2) is 11.5. The molecule has 1 fully saturated rings. The van der Waals surface area contributed by atoms with Gasteiger partial charge in [0.15, 0.2) is 5.65 Å². The van der Waals surface area contributed by atoms with Gasteiger partial charge in [-0.25, -0.2) is 23.7 Å². The van der Waals surface area contributed by atoms with E-state index in [9.17, 15) is 18.7 Å². The van der Waals surface area contributed by atoms with Gasteiger partial charge < -0.3 is 20.1 Å². The predicted molar refractivity (Wildman–Crippen MR) is 156 cm³/mol. The number of benzene rings is 2. The van der Waals surface area contributed by atoms with Crippen molar-refractivity contribution in [2.75, 3.05) is 30.4 Å². The van der Waals surface area contributed by atoms with Gasteiger partial charge in [-0.05, 0) is 60.9 Å². The fourth-order valence-electron chi connectivity index (χ4n) is 5.07. The Kier molecular flexibility index (Phi) is 7.49. The summed E-state index contributed by atoms with van der Waals surface area (Å²) < 4.78 is 36.2. The second-order valence-electron chi connectivity index (χ2n) is 10.1. The number of piperidine rings is 1. The largest absolute Gasteiger partial charge is 0.497 e. The Morgan fingerprint density at radius 3 is 2.43 bits per heavy atom. The number of fused-ring (bicyclic) bond motifs is 1. The van der Waals surface area contributed by atoms with Crippen LogP contribution in [0.3, 0.4) is 0 Å². The molecular weight excluding hydrogens is 542 g/mol. The van der Waals surface area contributed by atoms with Gasteiger partial charge in [0.1, 0.15) is 34.9 Å². The van der Waals surface area contributed by atoms with Crippen LogP contribution in [-0.4, -0.2) is 50.9 Å². The van der Waals surface area contributed by atoms with Crippen molar-refractivity contribution in [1.82, 2.24) is 19.5 Å². The van der Waals surface area contributed by atoms with Crippen molar-refractivity contribution in [3.8, 4) is 17.0 Å². The van der Waals surface area contributed by atoms with Crippen LogP contribution >= 0.6 is 0 Å². The summed E-state index contributed by atoms with van der Waals surface area (Å²) in [5.74, 6) is -0.444. The lowest BCUT2D eigenvalue weighted by Gasteiger charge is -2.31. The van der Waals surface area contributed by atoms with Crippen molar-refractivity contribution in [1.29, 1.82) is 0 Å². The van der Waals surface area contributed by atoms with Crippen LogP contribution in [0.1, 0.15) is 18.4 Å². The number of pyridine rings is 2. The number of aliphatic hydroxyl groups is 1. The van der Waals surface area contributed by atoms with Gasteiger partial charge in [-0.1, -0.05) is 18.2 Å². The molecule has 1 aliphatic rings. The summed E-state index contributed by atoms with van der Waals surface area (Å²) in [4.78, 5) is 29.2. The number of nitrogens with zero attached hydrogens (tertiary/aromatic N) is 5. The average Bonchev–Trinajstić information content (AvgIpc) is 3.00. The van der Waals surface area contributed by atoms with Crippen molar-refractivity contribution >= 4 is 28.2 Å². The Bertz CT molecular complexity index is 1770. The van der Waals surface area contributed by atoms with Gasteiger partial charge in [0.2, 0.25) is 0 Å². The molecule has 2 aromatic carbocycles. The van der Waals surface area contributed by atoms with Gasteiger partial charge in [0, 0.05) is 13.1 Å². The number of ether oxygens (including phenoxy) is 1. The minimum absolute atomic E-state index is 0.0103. The molecule has 3 aromatic heterocycles. The molecular formula is C31H28F2N6O3. The molecule has 11 heteroatoms. The molecule has 9 nitrogen and oxygen atoms in total. The minimum atomic E-state index is -0.783. The summed E-state index contributed by atoms with van der Waals surface area (Å²) in [7, 11) is 1.58. The molecule has 42 heavy (non-hydrogen) atoms. The van der Waals surface area contributed by atoms with E-state index >= 15 is 0 Å². The normalized spacial score (nSPS) is 13.9. The number of hydrogen-bond donors (Lipinski definition) is 2. The van der Waals surface area contributed by atoms with Gasteiger partial charge in [-0.2, -0.15) is 0 Å². The summed E-state index contributed by atoms with van der Waals surface area (Å²) in [5.41, 5.74) is 1.36. The first-order valence-electron chi connectivity index (χ1n) is 13.5. The van der Waals surface area contributed by atoms with E-state index in [1.165, 1.54) is 23.0 Å². The molecule has 1 saturated heterocycles. The van der Waals surface area contributed by atoms with E-state index in [4.69, 9.17) is 4.74 Å². The van der Waals surface area contributed by atoms with Crippen molar-refractivity contribution < 1.29 is 18.6 Å². The van der Waals surface area contributed by atoms with Crippen LogP contribution in [0.2, 0.25) is 0 Å². The van der Waals surface area contributed by atoms with Gasteiger partial charge in [-0.3, -0.25) is 9.36 Å². The van der Waals surface area contributed by atoms with E-state index in [1.54, 1.807) is 31.5 Å². The lowest BCUT2D eigenvalue weighted by atomic mass is 10.1. The summed E-state index contributed by atoms with van der Waals surface area (Å²) >= 11 is 0. The summed E-state index contributed by atoms with van der Waals surface area (Å²) in [5, 5.41) is 13.1. The van der Waals surface area contributed by atoms with E-state index < -0.39 is 11.6 Å². The first-order valence-corrected chi connectivity index (χ1v) is 13.5. The molecule has 214 valence electrons. The van der Waals surface area contributed by atoms with Crippen molar-refractivity contribution in [2.24, 2.45) is 0 Å². The molecule has 2 N–H and O–H groups in total. The molecule has 6 rings (SSSR count). The highest BCUT2D eigenvalue weighted by Crippen LogP contribution is 2.31. The predicted octanol–water partition coefficient (Wildman–Crippen LogP) is 4.89. The van der Waals surface area contributed by atoms with Crippen LogP contribution < -0.4 is 20.5 Å². The van der Waals surface area contributed by atoms with Gasteiger partial charge in [0.05, 0.1) is 48.6 Å². The van der Waals surface area contributed by atoms with Crippen LogP contribution in [-0.2, 0) is 6.54 Å². The highest BCUT2D eigenvalue weighted by atomic mass is 19.1. The fourth-order valence-corrected chi connectivity index (χ4v) is 5.07. The molecule has 5 aromatic rings. The second-order valence-corrected chi connectivity index (χ2v) is 10.1. The van der Waals surface area contributed by atoms with Crippen LogP contribution in [0.4, 0.5) is 26.0 Å². The van der Waals surface area contributed by atoms with Crippen LogP contribution in [0.5, 0.6) is 5.75 Å². The molecule has 0 saturated carbocycles. The summed E-state index contributed by atoms with van der Waals surface area (Å²) in [6.45, 7) is 1.69. The van der Waals surface area contributed by atoms with E-state index in [2.05, 4.69) is 25.2 Å². The molecule has 0 amide bonds. The first-order chi connectivity index (χ1) is 20.4. The van der Waals surface area contributed by atoms with Crippen molar-refractivity contribution in [3.05, 3.63) is 101 Å². The Hall–Kier alpha value is -4.90. The maximum Gasteiger partial charge on any atom is 0.265 e. The first kappa shape index (κ1) is 27.3. The van der Waals surface area contributed by atoms with Gasteiger partial charge in [-0.15, -0.1) is 0 Å². The summed E-state index contributed by atoms with van der Waals surface area (Å²) in [6, 6.07) is 16.0. The van der Waals surface area contributed by atoms with Crippen LogP contribution in [0, 0.1) is 11.6 Å². The van der Waals surface area contributed by atoms with Gasteiger partial charge in [0.25, 0.3) is 5.56 Å². The monoisotopic (exact) mass is 570 g/mol. The van der Waals surface area contributed by atoms with E-state index in [-0.39, 0.29) is 46.2 Å². The SMILES string of the molecule is COc1ccc(Cn2cnc3nc(-c4c(F)cccc4F)cc(Nc4ccc(N5CCC(O)CC5)cn4)c3c2=O)cc1. The zero-order valence-corrected chi connectivity index (χ0v) is 22.8. The number of aromatic nitrogens is 4. The topological polar surface area (TPSA) is 105 Å². The Labute approximate surface area is 240 Å². The number of hydrogen-bond acceptors (Lipinski definition) is 8. The number of methoxy groups -OCH3 is 1. The Morgan fingerprint density at radius 1 is 1.02 bits per heavy atom. The van der Waals surface area contributed by atoms with Crippen LogP contribution in [0.15, 0.2) is 78.0 Å². The number of halogens is 2. The molecule has 0 bridgehead atoms. The minimum Gasteiger partial charge on any atom is -0.497 e. The van der Waals surface area contributed by atoms with E-state index in [0.29, 0.717) is 24.4 Å². The third-order valence-corrected chi connectivity index (χ3v) is 7.37. The molecule has 0 aliphatic carbocycles. The third kappa shape index (κ3) is 5.51. The van der Waals surface area contributed by atoms with E-state index in [0.717, 1.165) is 36.5 Å². The van der Waals surface area contributed by atoms with Crippen LogP contribution in [0.25, 0.3) is 22.3 Å². The average molecular weight is 571 g/mol. The maximum atomic E-state index is 14.8. The van der Waals surface area contributed by atoms with E-state index in [1.807, 2.05) is 18.2 Å². The Morgan fingerprint density at radius 2 is 1.76 bits per heavy atom. The molecule has 4 heterocycles. The third-order valence-electron chi connectivity index (χ3n) is 7.37.